The van der Waals surface area contributed by atoms with Crippen molar-refractivity contribution >= 4 is 12.1 Å². The van der Waals surface area contributed by atoms with Crippen LogP contribution >= 0.6 is 0 Å². The van der Waals surface area contributed by atoms with E-state index < -0.39 is 12.1 Å². The SMILES string of the molecule is C=CNC(=O)NC(=O)OC. The highest BCUT2D eigenvalue weighted by Gasteiger charge is 2.02. The number of hydrogen-bond donors (Lipinski definition) is 2. The van der Waals surface area contributed by atoms with Crippen LogP contribution in [0.1, 0.15) is 0 Å². The molecule has 0 fully saturated rings. The molecular formula is C5H8N2O3. The van der Waals surface area contributed by atoms with Crippen LogP contribution in [0.25, 0.3) is 0 Å². The van der Waals surface area contributed by atoms with Gasteiger partial charge in [-0.05, 0) is 6.20 Å². The summed E-state index contributed by atoms with van der Waals surface area (Å²) in [6.07, 6.45) is 0.345. The Labute approximate surface area is 58.0 Å². The summed E-state index contributed by atoms with van der Waals surface area (Å²) < 4.78 is 4.12. The van der Waals surface area contributed by atoms with E-state index in [0.717, 1.165) is 13.3 Å². The summed E-state index contributed by atoms with van der Waals surface area (Å²) in [6.45, 7) is 3.21. The third kappa shape index (κ3) is 3.48. The van der Waals surface area contributed by atoms with Crippen molar-refractivity contribution in [3.63, 3.8) is 0 Å². The topological polar surface area (TPSA) is 67.4 Å². The molecule has 5 heteroatoms. The quantitative estimate of drug-likeness (QED) is 0.552. The van der Waals surface area contributed by atoms with Crippen molar-refractivity contribution in [2.75, 3.05) is 7.11 Å². The van der Waals surface area contributed by atoms with Crippen LogP contribution in [0.5, 0.6) is 0 Å². The van der Waals surface area contributed by atoms with Crippen molar-refractivity contribution in [3.8, 4) is 0 Å². The van der Waals surface area contributed by atoms with E-state index in [9.17, 15) is 9.59 Å². The summed E-state index contributed by atoms with van der Waals surface area (Å²) in [6, 6.07) is -0.665. The molecule has 0 bridgehead atoms. The molecule has 3 amide bonds. The zero-order valence-electron chi connectivity index (χ0n) is 5.51. The fourth-order valence-electron chi connectivity index (χ4n) is 0.273. The van der Waals surface area contributed by atoms with E-state index in [1.807, 2.05) is 5.32 Å². The molecule has 0 aromatic heterocycles. The monoisotopic (exact) mass is 144 g/mol. The molecule has 0 spiro atoms. The molecule has 0 radical (unpaired) electrons. The molecule has 0 aliphatic carbocycles. The lowest BCUT2D eigenvalue weighted by molar-refractivity contribution is 0.171. The second kappa shape index (κ2) is 4.37. The zero-order chi connectivity index (χ0) is 7.98. The van der Waals surface area contributed by atoms with E-state index >= 15 is 0 Å². The predicted molar refractivity (Wildman–Crippen MR) is 34.3 cm³/mol. The van der Waals surface area contributed by atoms with Crippen LogP contribution in [-0.4, -0.2) is 19.2 Å². The van der Waals surface area contributed by atoms with E-state index in [0.29, 0.717) is 0 Å². The van der Waals surface area contributed by atoms with Crippen LogP contribution in [0.4, 0.5) is 9.59 Å². The Hall–Kier alpha value is -1.52. The van der Waals surface area contributed by atoms with Gasteiger partial charge in [-0.15, -0.1) is 0 Å². The Morgan fingerprint density at radius 3 is 2.60 bits per heavy atom. The van der Waals surface area contributed by atoms with Crippen molar-refractivity contribution in [2.45, 2.75) is 0 Å². The molecule has 10 heavy (non-hydrogen) atoms. The number of alkyl carbamates (subject to hydrolysis) is 1. The van der Waals surface area contributed by atoms with Gasteiger partial charge < -0.3 is 10.1 Å². The molecule has 0 heterocycles. The van der Waals surface area contributed by atoms with Gasteiger partial charge in [-0.3, -0.25) is 0 Å². The first-order valence-corrected chi connectivity index (χ1v) is 2.47. The summed E-state index contributed by atoms with van der Waals surface area (Å²) in [7, 11) is 1.16. The third-order valence-electron chi connectivity index (χ3n) is 0.634. The maximum Gasteiger partial charge on any atom is 0.415 e. The van der Waals surface area contributed by atoms with Gasteiger partial charge in [0.15, 0.2) is 0 Å². The molecule has 0 aromatic rings. The molecule has 0 saturated carbocycles. The average Bonchev–Trinajstić information content (AvgIpc) is 1.88. The molecule has 0 atom stereocenters. The van der Waals surface area contributed by atoms with Crippen molar-refractivity contribution in [1.82, 2.24) is 10.6 Å². The van der Waals surface area contributed by atoms with E-state index in [2.05, 4.69) is 16.6 Å². The van der Waals surface area contributed by atoms with Gasteiger partial charge in [0, 0.05) is 0 Å². The number of imide groups is 1. The minimum atomic E-state index is -0.806. The van der Waals surface area contributed by atoms with E-state index in [1.54, 1.807) is 0 Å². The van der Waals surface area contributed by atoms with Crippen LogP contribution in [0.2, 0.25) is 0 Å². The number of urea groups is 1. The molecule has 5 nitrogen and oxygen atoms in total. The van der Waals surface area contributed by atoms with Crippen molar-refractivity contribution in [2.24, 2.45) is 0 Å². The number of rotatable bonds is 1. The van der Waals surface area contributed by atoms with Gasteiger partial charge in [-0.2, -0.15) is 0 Å². The minimum Gasteiger partial charge on any atom is -0.453 e. The number of carbonyl (C=O) groups is 2. The molecule has 0 aliphatic rings. The van der Waals surface area contributed by atoms with Crippen molar-refractivity contribution in [3.05, 3.63) is 12.8 Å². The number of methoxy groups -OCH3 is 1. The van der Waals surface area contributed by atoms with Gasteiger partial charge in [0.2, 0.25) is 0 Å². The standard InChI is InChI=1S/C5H8N2O3/c1-3-6-4(8)7-5(9)10-2/h3H,1H2,2H3,(H2,6,7,8,9). The summed E-state index contributed by atoms with van der Waals surface area (Å²) in [5.74, 6) is 0. The summed E-state index contributed by atoms with van der Waals surface area (Å²) in [5, 5.41) is 3.97. The van der Waals surface area contributed by atoms with E-state index in [-0.39, 0.29) is 0 Å². The van der Waals surface area contributed by atoms with Gasteiger partial charge in [-0.25, -0.2) is 14.9 Å². The van der Waals surface area contributed by atoms with Crippen LogP contribution < -0.4 is 10.6 Å². The largest absolute Gasteiger partial charge is 0.453 e. The highest BCUT2D eigenvalue weighted by atomic mass is 16.5. The third-order valence-corrected chi connectivity index (χ3v) is 0.634. The number of hydrogen-bond acceptors (Lipinski definition) is 3. The van der Waals surface area contributed by atoms with Gasteiger partial charge in [0.05, 0.1) is 7.11 Å². The first-order chi connectivity index (χ1) is 4.70. The van der Waals surface area contributed by atoms with Crippen molar-refractivity contribution in [1.29, 1.82) is 0 Å². The molecule has 2 N–H and O–H groups in total. The van der Waals surface area contributed by atoms with E-state index in [1.165, 1.54) is 0 Å². The van der Waals surface area contributed by atoms with E-state index in [4.69, 9.17) is 0 Å². The molecule has 0 rings (SSSR count). The lowest BCUT2D eigenvalue weighted by Gasteiger charge is -1.99. The highest BCUT2D eigenvalue weighted by Crippen LogP contribution is 1.70. The van der Waals surface area contributed by atoms with Gasteiger partial charge in [0.25, 0.3) is 0 Å². The maximum absolute atomic E-state index is 10.4. The molecular weight excluding hydrogens is 136 g/mol. The Kier molecular flexibility index (Phi) is 3.70. The second-order valence-corrected chi connectivity index (χ2v) is 1.29. The Morgan fingerprint density at radius 2 is 2.20 bits per heavy atom. The van der Waals surface area contributed by atoms with Gasteiger partial charge >= 0.3 is 12.1 Å². The van der Waals surface area contributed by atoms with Crippen molar-refractivity contribution < 1.29 is 14.3 Å². The molecule has 0 saturated heterocycles. The maximum atomic E-state index is 10.4. The Balaban J connectivity index is 3.57. The normalized spacial score (nSPS) is 7.70. The minimum absolute atomic E-state index is 0.665. The predicted octanol–water partition coefficient (Wildman–Crippen LogP) is 0.196. The van der Waals surface area contributed by atoms with Gasteiger partial charge in [-0.1, -0.05) is 6.58 Å². The van der Waals surface area contributed by atoms with Gasteiger partial charge in [0.1, 0.15) is 0 Å². The first kappa shape index (κ1) is 8.48. The fraction of sp³-hybridized carbons (Fsp3) is 0.200. The Bertz CT molecular complexity index is 155. The molecule has 56 valence electrons. The zero-order valence-corrected chi connectivity index (χ0v) is 5.51. The first-order valence-electron chi connectivity index (χ1n) is 2.47. The number of carbonyl (C=O) groups excluding carboxylic acids is 2. The summed E-state index contributed by atoms with van der Waals surface area (Å²) in [5.41, 5.74) is 0. The highest BCUT2D eigenvalue weighted by molar-refractivity contribution is 5.90. The van der Waals surface area contributed by atoms with Crippen LogP contribution in [-0.2, 0) is 4.74 Å². The van der Waals surface area contributed by atoms with Crippen LogP contribution in [0.15, 0.2) is 12.8 Å². The number of ether oxygens (including phenoxy) is 1. The summed E-state index contributed by atoms with van der Waals surface area (Å²) >= 11 is 0. The van der Waals surface area contributed by atoms with Crippen LogP contribution in [0, 0.1) is 0 Å². The lowest BCUT2D eigenvalue weighted by Crippen LogP contribution is -2.36. The molecule has 0 unspecified atom stereocenters. The van der Waals surface area contributed by atoms with Crippen LogP contribution in [0.3, 0.4) is 0 Å². The average molecular weight is 144 g/mol. The number of nitrogens with one attached hydrogen (secondary N) is 2. The summed E-state index contributed by atoms with van der Waals surface area (Å²) in [4.78, 5) is 20.7. The molecule has 0 aromatic carbocycles. The Morgan fingerprint density at radius 1 is 1.60 bits per heavy atom. The molecule has 0 aliphatic heterocycles. The smallest absolute Gasteiger partial charge is 0.415 e. The number of amides is 3. The fourth-order valence-corrected chi connectivity index (χ4v) is 0.273. The second-order valence-electron chi connectivity index (χ2n) is 1.29. The lowest BCUT2D eigenvalue weighted by atomic mass is 10.8.